The molecular weight excluding hydrogens is 174 g/mol. The maximum atomic E-state index is 11.6. The van der Waals surface area contributed by atoms with Crippen molar-refractivity contribution in [3.05, 3.63) is 0 Å². The van der Waals surface area contributed by atoms with Crippen LogP contribution < -0.4 is 0 Å². The lowest BCUT2D eigenvalue weighted by Crippen LogP contribution is -2.45. The third-order valence-electron chi connectivity index (χ3n) is 3.89. The fourth-order valence-electron chi connectivity index (χ4n) is 2.89. The summed E-state index contributed by atoms with van der Waals surface area (Å²) in [5.41, 5.74) is 0. The SMILES string of the molecule is CCC1CN(C2CCCC2)CCC1=O. The van der Waals surface area contributed by atoms with Crippen LogP contribution in [-0.2, 0) is 4.79 Å². The molecule has 0 bridgehead atoms. The number of carbonyl (C=O) groups excluding carboxylic acids is 1. The minimum absolute atomic E-state index is 0.337. The molecule has 1 atom stereocenters. The number of hydrogen-bond donors (Lipinski definition) is 0. The van der Waals surface area contributed by atoms with Crippen molar-refractivity contribution in [2.45, 2.75) is 51.5 Å². The molecule has 2 rings (SSSR count). The summed E-state index contributed by atoms with van der Waals surface area (Å²) in [6.45, 7) is 4.21. The van der Waals surface area contributed by atoms with Gasteiger partial charge in [-0.05, 0) is 19.3 Å². The first-order valence-electron chi connectivity index (χ1n) is 6.08. The van der Waals surface area contributed by atoms with E-state index in [-0.39, 0.29) is 0 Å². The average molecular weight is 195 g/mol. The fourth-order valence-corrected chi connectivity index (χ4v) is 2.89. The molecule has 2 heteroatoms. The second-order valence-corrected chi connectivity index (χ2v) is 4.75. The van der Waals surface area contributed by atoms with Gasteiger partial charge in [0.25, 0.3) is 0 Å². The summed E-state index contributed by atoms with van der Waals surface area (Å²) in [4.78, 5) is 14.1. The smallest absolute Gasteiger partial charge is 0.138 e. The van der Waals surface area contributed by atoms with Crippen LogP contribution in [0.25, 0.3) is 0 Å². The zero-order valence-corrected chi connectivity index (χ0v) is 9.17. The van der Waals surface area contributed by atoms with Crippen LogP contribution in [0.15, 0.2) is 0 Å². The number of carbonyl (C=O) groups is 1. The first-order chi connectivity index (χ1) is 6.81. The number of Topliss-reactive ketones (excluding diaryl/α,β-unsaturated/α-hetero) is 1. The maximum absolute atomic E-state index is 11.6. The molecule has 2 aliphatic rings. The highest BCUT2D eigenvalue weighted by Crippen LogP contribution is 2.27. The predicted octanol–water partition coefficient (Wildman–Crippen LogP) is 2.23. The van der Waals surface area contributed by atoms with Crippen LogP contribution in [-0.4, -0.2) is 29.8 Å². The van der Waals surface area contributed by atoms with Crippen LogP contribution in [0.3, 0.4) is 0 Å². The molecule has 1 saturated carbocycles. The van der Waals surface area contributed by atoms with Crippen molar-refractivity contribution >= 4 is 5.78 Å². The minimum Gasteiger partial charge on any atom is -0.299 e. The largest absolute Gasteiger partial charge is 0.299 e. The normalized spacial score (nSPS) is 31.2. The van der Waals surface area contributed by atoms with E-state index in [0.29, 0.717) is 11.7 Å². The highest BCUT2D eigenvalue weighted by Gasteiger charge is 2.30. The van der Waals surface area contributed by atoms with Crippen LogP contribution in [0.1, 0.15) is 45.4 Å². The van der Waals surface area contributed by atoms with Crippen molar-refractivity contribution in [3.8, 4) is 0 Å². The molecule has 0 radical (unpaired) electrons. The second kappa shape index (κ2) is 4.43. The number of hydrogen-bond acceptors (Lipinski definition) is 2. The number of nitrogens with zero attached hydrogens (tertiary/aromatic N) is 1. The van der Waals surface area contributed by atoms with Gasteiger partial charge in [-0.1, -0.05) is 19.8 Å². The standard InChI is InChI=1S/C12H21NO/c1-2-10-9-13(8-7-12(10)14)11-5-3-4-6-11/h10-11H,2-9H2,1H3. The predicted molar refractivity (Wildman–Crippen MR) is 57.2 cm³/mol. The van der Waals surface area contributed by atoms with Gasteiger partial charge in [-0.25, -0.2) is 0 Å². The Hall–Kier alpha value is -0.370. The van der Waals surface area contributed by atoms with Gasteiger partial charge in [-0.15, -0.1) is 0 Å². The third kappa shape index (κ3) is 2.00. The Balaban J connectivity index is 1.91. The van der Waals surface area contributed by atoms with Gasteiger partial charge in [-0.2, -0.15) is 0 Å². The van der Waals surface area contributed by atoms with E-state index in [0.717, 1.165) is 32.0 Å². The molecule has 1 saturated heterocycles. The summed E-state index contributed by atoms with van der Waals surface area (Å²) in [7, 11) is 0. The van der Waals surface area contributed by atoms with Crippen molar-refractivity contribution in [1.29, 1.82) is 0 Å². The molecule has 1 unspecified atom stereocenters. The van der Waals surface area contributed by atoms with Gasteiger partial charge in [0.2, 0.25) is 0 Å². The molecule has 1 aliphatic carbocycles. The van der Waals surface area contributed by atoms with E-state index in [1.165, 1.54) is 25.7 Å². The van der Waals surface area contributed by atoms with E-state index in [9.17, 15) is 4.79 Å². The topological polar surface area (TPSA) is 20.3 Å². The first-order valence-corrected chi connectivity index (χ1v) is 6.08. The Morgan fingerprint density at radius 2 is 2.07 bits per heavy atom. The molecule has 14 heavy (non-hydrogen) atoms. The highest BCUT2D eigenvalue weighted by atomic mass is 16.1. The first kappa shape index (κ1) is 10.2. The monoisotopic (exact) mass is 195 g/mol. The molecule has 80 valence electrons. The maximum Gasteiger partial charge on any atom is 0.138 e. The van der Waals surface area contributed by atoms with E-state index < -0.39 is 0 Å². The Labute approximate surface area is 86.7 Å². The van der Waals surface area contributed by atoms with Gasteiger partial charge in [-0.3, -0.25) is 9.69 Å². The summed E-state index contributed by atoms with van der Waals surface area (Å²) in [6, 6.07) is 0.803. The third-order valence-corrected chi connectivity index (χ3v) is 3.89. The minimum atomic E-state index is 0.337. The summed E-state index contributed by atoms with van der Waals surface area (Å²) in [6.07, 6.45) is 7.35. The Morgan fingerprint density at radius 1 is 1.36 bits per heavy atom. The number of rotatable bonds is 2. The number of likely N-dealkylation sites (tertiary alicyclic amines) is 1. The van der Waals surface area contributed by atoms with Crippen molar-refractivity contribution in [3.63, 3.8) is 0 Å². The quantitative estimate of drug-likeness (QED) is 0.673. The summed E-state index contributed by atoms with van der Waals surface area (Å²) < 4.78 is 0. The lowest BCUT2D eigenvalue weighted by molar-refractivity contribution is -0.126. The van der Waals surface area contributed by atoms with Crippen LogP contribution in [0, 0.1) is 5.92 Å². The van der Waals surface area contributed by atoms with E-state index >= 15 is 0 Å². The van der Waals surface area contributed by atoms with Crippen molar-refractivity contribution in [2.24, 2.45) is 5.92 Å². The van der Waals surface area contributed by atoms with Gasteiger partial charge in [0.05, 0.1) is 0 Å². The van der Waals surface area contributed by atoms with Crippen molar-refractivity contribution in [2.75, 3.05) is 13.1 Å². The van der Waals surface area contributed by atoms with Crippen LogP contribution >= 0.6 is 0 Å². The average Bonchev–Trinajstić information content (AvgIpc) is 2.71. The van der Waals surface area contributed by atoms with E-state index in [1.807, 2.05) is 0 Å². The molecule has 0 aromatic heterocycles. The molecule has 1 aliphatic heterocycles. The summed E-state index contributed by atoms with van der Waals surface area (Å²) >= 11 is 0. The Kier molecular flexibility index (Phi) is 3.22. The van der Waals surface area contributed by atoms with Crippen LogP contribution in [0.4, 0.5) is 0 Å². The van der Waals surface area contributed by atoms with Gasteiger partial charge >= 0.3 is 0 Å². The molecule has 0 aromatic rings. The van der Waals surface area contributed by atoms with E-state index in [4.69, 9.17) is 0 Å². The van der Waals surface area contributed by atoms with Gasteiger partial charge in [0, 0.05) is 31.5 Å². The molecule has 0 N–H and O–H groups in total. The Bertz CT molecular complexity index is 208. The molecule has 0 aromatic carbocycles. The van der Waals surface area contributed by atoms with Gasteiger partial charge in [0.15, 0.2) is 0 Å². The Morgan fingerprint density at radius 3 is 2.71 bits per heavy atom. The second-order valence-electron chi connectivity index (χ2n) is 4.75. The zero-order chi connectivity index (χ0) is 9.97. The molecule has 2 nitrogen and oxygen atoms in total. The molecule has 1 heterocycles. The zero-order valence-electron chi connectivity index (χ0n) is 9.17. The molecular formula is C12H21NO. The fraction of sp³-hybridized carbons (Fsp3) is 0.917. The number of piperidine rings is 1. The summed E-state index contributed by atoms with van der Waals surface area (Å²) in [5.74, 6) is 0.839. The highest BCUT2D eigenvalue weighted by molar-refractivity contribution is 5.82. The van der Waals surface area contributed by atoms with Gasteiger partial charge in [0.1, 0.15) is 5.78 Å². The van der Waals surface area contributed by atoms with E-state index in [2.05, 4.69) is 11.8 Å². The van der Waals surface area contributed by atoms with E-state index in [1.54, 1.807) is 0 Å². The van der Waals surface area contributed by atoms with Crippen molar-refractivity contribution in [1.82, 2.24) is 4.90 Å². The van der Waals surface area contributed by atoms with Crippen LogP contribution in [0.5, 0.6) is 0 Å². The van der Waals surface area contributed by atoms with Crippen molar-refractivity contribution < 1.29 is 4.79 Å². The molecule has 0 amide bonds. The molecule has 2 fully saturated rings. The lowest BCUT2D eigenvalue weighted by atomic mass is 9.93. The number of ketones is 1. The van der Waals surface area contributed by atoms with Gasteiger partial charge < -0.3 is 0 Å². The molecule has 0 spiro atoms. The lowest BCUT2D eigenvalue weighted by Gasteiger charge is -2.35. The van der Waals surface area contributed by atoms with Crippen LogP contribution in [0.2, 0.25) is 0 Å². The summed E-state index contributed by atoms with van der Waals surface area (Å²) in [5, 5.41) is 0.